The molecule has 0 spiro atoms. The molecule has 2 aromatic carbocycles. The molecule has 7 heteroatoms. The van der Waals surface area contributed by atoms with Gasteiger partial charge in [-0.2, -0.15) is 5.10 Å². The summed E-state index contributed by atoms with van der Waals surface area (Å²) >= 11 is 0. The minimum absolute atomic E-state index is 0.520. The molecule has 26 heavy (non-hydrogen) atoms. The van der Waals surface area contributed by atoms with E-state index in [0.717, 1.165) is 16.3 Å². The van der Waals surface area contributed by atoms with Crippen LogP contribution in [0.3, 0.4) is 0 Å². The standard InChI is InChI=1S/C19H20N2O5/c1-22-14-8-12-10-20-21-18(13(12)9-15(14)23-2)11-6-16(24-3)19(26-5)17(7-11)25-4/h6-10H,1-5H3. The number of ether oxygens (including phenoxy) is 5. The van der Waals surface area contributed by atoms with Crippen molar-refractivity contribution in [3.8, 4) is 40.0 Å². The van der Waals surface area contributed by atoms with Crippen LogP contribution in [0.15, 0.2) is 30.5 Å². The summed E-state index contributed by atoms with van der Waals surface area (Å²) in [6, 6.07) is 7.41. The molecule has 0 saturated heterocycles. The Balaban J connectivity index is 2.28. The van der Waals surface area contributed by atoms with Gasteiger partial charge < -0.3 is 23.7 Å². The second-order valence-electron chi connectivity index (χ2n) is 5.40. The van der Waals surface area contributed by atoms with Gasteiger partial charge in [-0.25, -0.2) is 0 Å². The highest BCUT2D eigenvalue weighted by atomic mass is 16.5. The molecule has 3 aromatic rings. The number of methoxy groups -OCH3 is 5. The molecule has 3 rings (SSSR count). The lowest BCUT2D eigenvalue weighted by Crippen LogP contribution is -1.98. The van der Waals surface area contributed by atoms with Gasteiger partial charge in [0.1, 0.15) is 5.69 Å². The van der Waals surface area contributed by atoms with E-state index in [1.54, 1.807) is 41.7 Å². The summed E-state index contributed by atoms with van der Waals surface area (Å²) in [4.78, 5) is 0. The third kappa shape index (κ3) is 2.92. The van der Waals surface area contributed by atoms with Crippen LogP contribution in [-0.4, -0.2) is 45.7 Å². The Bertz CT molecular complexity index is 918. The molecular formula is C19H20N2O5. The Morgan fingerprint density at radius 2 is 1.23 bits per heavy atom. The Kier molecular flexibility index (Phi) is 4.97. The molecule has 136 valence electrons. The first-order valence-corrected chi connectivity index (χ1v) is 7.84. The molecule has 0 N–H and O–H groups in total. The highest BCUT2D eigenvalue weighted by molar-refractivity contribution is 5.96. The van der Waals surface area contributed by atoms with E-state index in [-0.39, 0.29) is 0 Å². The number of hydrogen-bond donors (Lipinski definition) is 0. The van der Waals surface area contributed by atoms with Crippen LogP contribution in [-0.2, 0) is 0 Å². The van der Waals surface area contributed by atoms with Crippen molar-refractivity contribution in [1.82, 2.24) is 10.2 Å². The van der Waals surface area contributed by atoms with Crippen LogP contribution >= 0.6 is 0 Å². The first-order chi connectivity index (χ1) is 12.7. The average molecular weight is 356 g/mol. The fourth-order valence-corrected chi connectivity index (χ4v) is 2.84. The summed E-state index contributed by atoms with van der Waals surface area (Å²) < 4.78 is 27.0. The summed E-state index contributed by atoms with van der Waals surface area (Å²) in [5.41, 5.74) is 1.45. The quantitative estimate of drug-likeness (QED) is 0.671. The van der Waals surface area contributed by atoms with Crippen molar-refractivity contribution < 1.29 is 23.7 Å². The van der Waals surface area contributed by atoms with Crippen molar-refractivity contribution in [3.05, 3.63) is 30.5 Å². The Hall–Kier alpha value is -3.22. The van der Waals surface area contributed by atoms with E-state index < -0.39 is 0 Å². The number of hydrogen-bond acceptors (Lipinski definition) is 7. The van der Waals surface area contributed by atoms with Crippen LogP contribution in [0.4, 0.5) is 0 Å². The van der Waals surface area contributed by atoms with Gasteiger partial charge in [0.15, 0.2) is 23.0 Å². The van der Waals surface area contributed by atoms with Crippen LogP contribution in [0.1, 0.15) is 0 Å². The SMILES string of the molecule is COc1cc2cnnc(-c3cc(OC)c(OC)c(OC)c3)c2cc1OC. The highest BCUT2D eigenvalue weighted by Crippen LogP contribution is 2.43. The van der Waals surface area contributed by atoms with Crippen LogP contribution in [0.5, 0.6) is 28.7 Å². The number of rotatable bonds is 6. The van der Waals surface area contributed by atoms with E-state index in [1.807, 2.05) is 24.3 Å². The summed E-state index contributed by atoms with van der Waals surface area (Å²) in [5.74, 6) is 2.85. The topological polar surface area (TPSA) is 71.9 Å². The van der Waals surface area contributed by atoms with Crippen LogP contribution in [0.2, 0.25) is 0 Å². The van der Waals surface area contributed by atoms with E-state index in [0.29, 0.717) is 34.4 Å². The van der Waals surface area contributed by atoms with Crippen molar-refractivity contribution >= 4 is 10.8 Å². The fourth-order valence-electron chi connectivity index (χ4n) is 2.84. The summed E-state index contributed by atoms with van der Waals surface area (Å²) in [6.45, 7) is 0. The van der Waals surface area contributed by atoms with Gasteiger partial charge >= 0.3 is 0 Å². The lowest BCUT2D eigenvalue weighted by molar-refractivity contribution is 0.324. The normalized spacial score (nSPS) is 10.5. The van der Waals surface area contributed by atoms with Crippen LogP contribution in [0.25, 0.3) is 22.0 Å². The molecule has 0 fully saturated rings. The van der Waals surface area contributed by atoms with Gasteiger partial charge in [0, 0.05) is 16.3 Å². The summed E-state index contributed by atoms with van der Waals surface area (Å²) in [5, 5.41) is 10.2. The van der Waals surface area contributed by atoms with Gasteiger partial charge in [0.05, 0.1) is 41.7 Å². The molecule has 0 unspecified atom stereocenters. The van der Waals surface area contributed by atoms with Crippen LogP contribution < -0.4 is 23.7 Å². The maximum absolute atomic E-state index is 5.44. The zero-order valence-corrected chi connectivity index (χ0v) is 15.3. The van der Waals surface area contributed by atoms with E-state index in [4.69, 9.17) is 23.7 Å². The molecule has 0 atom stereocenters. The molecule has 1 heterocycles. The first-order valence-electron chi connectivity index (χ1n) is 7.84. The maximum Gasteiger partial charge on any atom is 0.203 e. The smallest absolute Gasteiger partial charge is 0.203 e. The van der Waals surface area contributed by atoms with E-state index >= 15 is 0 Å². The fraction of sp³-hybridized carbons (Fsp3) is 0.263. The van der Waals surface area contributed by atoms with Crippen molar-refractivity contribution in [2.75, 3.05) is 35.5 Å². The van der Waals surface area contributed by atoms with Gasteiger partial charge in [0.2, 0.25) is 5.75 Å². The Morgan fingerprint density at radius 3 is 1.77 bits per heavy atom. The Morgan fingerprint density at radius 1 is 0.654 bits per heavy atom. The molecule has 1 aromatic heterocycles. The second kappa shape index (κ2) is 7.35. The Labute approximate surface area is 151 Å². The number of benzene rings is 2. The third-order valence-electron chi connectivity index (χ3n) is 4.10. The highest BCUT2D eigenvalue weighted by Gasteiger charge is 2.17. The summed E-state index contributed by atoms with van der Waals surface area (Å²) in [7, 11) is 7.90. The number of nitrogens with zero attached hydrogens (tertiary/aromatic N) is 2. The third-order valence-corrected chi connectivity index (χ3v) is 4.10. The van der Waals surface area contributed by atoms with Gasteiger partial charge in [-0.05, 0) is 24.3 Å². The predicted molar refractivity (Wildman–Crippen MR) is 97.7 cm³/mol. The molecular weight excluding hydrogens is 336 g/mol. The van der Waals surface area contributed by atoms with Gasteiger partial charge in [-0.15, -0.1) is 5.10 Å². The van der Waals surface area contributed by atoms with Crippen molar-refractivity contribution in [3.63, 3.8) is 0 Å². The molecule has 0 aliphatic heterocycles. The largest absolute Gasteiger partial charge is 0.493 e. The molecule has 0 amide bonds. The van der Waals surface area contributed by atoms with E-state index in [1.165, 1.54) is 0 Å². The van der Waals surface area contributed by atoms with E-state index in [9.17, 15) is 0 Å². The molecule has 0 aliphatic rings. The molecule has 0 aliphatic carbocycles. The lowest BCUT2D eigenvalue weighted by Gasteiger charge is -2.15. The van der Waals surface area contributed by atoms with Gasteiger partial charge in [0.25, 0.3) is 0 Å². The maximum atomic E-state index is 5.44. The molecule has 0 radical (unpaired) electrons. The van der Waals surface area contributed by atoms with Gasteiger partial charge in [-0.3, -0.25) is 0 Å². The van der Waals surface area contributed by atoms with Crippen molar-refractivity contribution in [2.24, 2.45) is 0 Å². The average Bonchev–Trinajstić information content (AvgIpc) is 2.70. The molecule has 7 nitrogen and oxygen atoms in total. The minimum atomic E-state index is 0.520. The number of fused-ring (bicyclic) bond motifs is 1. The van der Waals surface area contributed by atoms with Crippen LogP contribution in [0, 0.1) is 0 Å². The number of aromatic nitrogens is 2. The van der Waals surface area contributed by atoms with Gasteiger partial charge in [-0.1, -0.05) is 0 Å². The minimum Gasteiger partial charge on any atom is -0.493 e. The van der Waals surface area contributed by atoms with Crippen molar-refractivity contribution in [1.29, 1.82) is 0 Å². The summed E-state index contributed by atoms with van der Waals surface area (Å²) in [6.07, 6.45) is 1.68. The predicted octanol–water partition coefficient (Wildman–Crippen LogP) is 3.34. The zero-order valence-electron chi connectivity index (χ0n) is 15.3. The monoisotopic (exact) mass is 356 g/mol. The second-order valence-corrected chi connectivity index (χ2v) is 5.40. The molecule has 0 saturated carbocycles. The first kappa shape index (κ1) is 17.6. The van der Waals surface area contributed by atoms with E-state index in [2.05, 4.69) is 10.2 Å². The molecule has 0 bridgehead atoms. The lowest BCUT2D eigenvalue weighted by atomic mass is 10.0. The van der Waals surface area contributed by atoms with Crippen molar-refractivity contribution in [2.45, 2.75) is 0 Å². The zero-order chi connectivity index (χ0) is 18.7.